The van der Waals surface area contributed by atoms with Crippen LogP contribution in [-0.4, -0.2) is 44.8 Å². The largest absolute Gasteiger partial charge is 0.384 e. The van der Waals surface area contributed by atoms with Gasteiger partial charge in [0.15, 0.2) is 0 Å². The monoisotopic (exact) mass is 214 g/mol. The summed E-state index contributed by atoms with van der Waals surface area (Å²) in [5.74, 6) is 1.47. The second-order valence-electron chi connectivity index (χ2n) is 4.71. The van der Waals surface area contributed by atoms with E-state index >= 15 is 0 Å². The van der Waals surface area contributed by atoms with Gasteiger partial charge in [-0.25, -0.2) is 0 Å². The van der Waals surface area contributed by atoms with Gasteiger partial charge >= 0.3 is 0 Å². The molecule has 0 aromatic heterocycles. The van der Waals surface area contributed by atoms with Crippen molar-refractivity contribution in [1.82, 2.24) is 4.90 Å². The predicted molar refractivity (Wildman–Crippen MR) is 63.9 cm³/mol. The number of methoxy groups -OCH3 is 1. The van der Waals surface area contributed by atoms with Gasteiger partial charge in [0.1, 0.15) is 0 Å². The molecule has 1 fully saturated rings. The van der Waals surface area contributed by atoms with Crippen molar-refractivity contribution in [3.8, 4) is 0 Å². The van der Waals surface area contributed by atoms with Crippen LogP contribution in [0.3, 0.4) is 0 Å². The molecule has 1 heterocycles. The molecule has 15 heavy (non-hydrogen) atoms. The van der Waals surface area contributed by atoms with Gasteiger partial charge in [-0.2, -0.15) is 0 Å². The molecule has 0 spiro atoms. The minimum atomic E-state index is 0.714. The van der Waals surface area contributed by atoms with Gasteiger partial charge < -0.3 is 15.4 Å². The maximum atomic E-state index is 5.70. The Balaban J connectivity index is 2.13. The highest BCUT2D eigenvalue weighted by Gasteiger charge is 2.22. The molecule has 0 radical (unpaired) electrons. The fourth-order valence-electron chi connectivity index (χ4n) is 2.34. The molecule has 1 aliphatic heterocycles. The number of hydrogen-bond donors (Lipinski definition) is 1. The Bertz CT molecular complexity index is 160. The van der Waals surface area contributed by atoms with Gasteiger partial charge in [0.25, 0.3) is 0 Å². The highest BCUT2D eigenvalue weighted by atomic mass is 16.5. The SMILES string of the molecule is CCC(CN)CCN1CCC(COC)C1. The maximum absolute atomic E-state index is 5.70. The van der Waals surface area contributed by atoms with Crippen LogP contribution >= 0.6 is 0 Å². The molecule has 0 aromatic carbocycles. The van der Waals surface area contributed by atoms with E-state index in [2.05, 4.69) is 11.8 Å². The highest BCUT2D eigenvalue weighted by Crippen LogP contribution is 2.18. The number of nitrogens with two attached hydrogens (primary N) is 1. The van der Waals surface area contributed by atoms with E-state index in [-0.39, 0.29) is 0 Å². The third-order valence-electron chi connectivity index (χ3n) is 3.54. The van der Waals surface area contributed by atoms with Crippen LogP contribution in [0.1, 0.15) is 26.2 Å². The number of likely N-dealkylation sites (tertiary alicyclic amines) is 1. The summed E-state index contributed by atoms with van der Waals surface area (Å²) in [6.45, 7) is 7.67. The molecule has 90 valence electrons. The zero-order chi connectivity index (χ0) is 11.1. The normalized spacial score (nSPS) is 24.6. The molecule has 0 saturated carbocycles. The standard InChI is InChI=1S/C12H26N2O/c1-3-11(8-13)4-6-14-7-5-12(9-14)10-15-2/h11-12H,3-10,13H2,1-2H3. The first-order chi connectivity index (χ1) is 7.30. The summed E-state index contributed by atoms with van der Waals surface area (Å²) >= 11 is 0. The van der Waals surface area contributed by atoms with Crippen molar-refractivity contribution in [2.24, 2.45) is 17.6 Å². The van der Waals surface area contributed by atoms with Gasteiger partial charge in [0, 0.05) is 13.7 Å². The Labute approximate surface area is 94.0 Å². The first-order valence-corrected chi connectivity index (χ1v) is 6.21. The zero-order valence-corrected chi connectivity index (χ0v) is 10.2. The zero-order valence-electron chi connectivity index (χ0n) is 10.2. The van der Waals surface area contributed by atoms with Crippen molar-refractivity contribution in [2.75, 3.05) is 39.9 Å². The average molecular weight is 214 g/mol. The number of hydrogen-bond acceptors (Lipinski definition) is 3. The smallest absolute Gasteiger partial charge is 0.0503 e. The summed E-state index contributed by atoms with van der Waals surface area (Å²) in [7, 11) is 1.80. The van der Waals surface area contributed by atoms with E-state index < -0.39 is 0 Å². The van der Waals surface area contributed by atoms with E-state index in [1.54, 1.807) is 7.11 Å². The quantitative estimate of drug-likeness (QED) is 0.695. The van der Waals surface area contributed by atoms with E-state index in [0.29, 0.717) is 5.92 Å². The molecule has 0 amide bonds. The Hall–Kier alpha value is -0.120. The summed E-state index contributed by atoms with van der Waals surface area (Å²) in [5.41, 5.74) is 5.70. The topological polar surface area (TPSA) is 38.5 Å². The maximum Gasteiger partial charge on any atom is 0.0503 e. The van der Waals surface area contributed by atoms with Gasteiger partial charge in [-0.3, -0.25) is 0 Å². The van der Waals surface area contributed by atoms with Gasteiger partial charge in [-0.1, -0.05) is 13.3 Å². The van der Waals surface area contributed by atoms with E-state index in [0.717, 1.165) is 19.1 Å². The van der Waals surface area contributed by atoms with Crippen molar-refractivity contribution >= 4 is 0 Å². The Morgan fingerprint density at radius 3 is 2.93 bits per heavy atom. The van der Waals surface area contributed by atoms with Crippen molar-refractivity contribution in [1.29, 1.82) is 0 Å². The lowest BCUT2D eigenvalue weighted by molar-refractivity contribution is 0.152. The Kier molecular flexibility index (Phi) is 6.22. The van der Waals surface area contributed by atoms with Crippen molar-refractivity contribution in [2.45, 2.75) is 26.2 Å². The fraction of sp³-hybridized carbons (Fsp3) is 1.00. The summed E-state index contributed by atoms with van der Waals surface area (Å²) in [5, 5.41) is 0. The summed E-state index contributed by atoms with van der Waals surface area (Å²) in [6.07, 6.45) is 3.77. The van der Waals surface area contributed by atoms with Gasteiger partial charge in [-0.05, 0) is 44.3 Å². The molecule has 2 atom stereocenters. The van der Waals surface area contributed by atoms with E-state index in [4.69, 9.17) is 10.5 Å². The Morgan fingerprint density at radius 1 is 1.53 bits per heavy atom. The van der Waals surface area contributed by atoms with E-state index in [1.807, 2.05) is 0 Å². The lowest BCUT2D eigenvalue weighted by Crippen LogP contribution is -2.26. The molecule has 0 aromatic rings. The molecule has 1 aliphatic rings. The second kappa shape index (κ2) is 7.20. The molecule has 3 heteroatoms. The van der Waals surface area contributed by atoms with Crippen LogP contribution in [0.25, 0.3) is 0 Å². The molecule has 1 saturated heterocycles. The van der Waals surface area contributed by atoms with Crippen molar-refractivity contribution in [3.63, 3.8) is 0 Å². The second-order valence-corrected chi connectivity index (χ2v) is 4.71. The summed E-state index contributed by atoms with van der Waals surface area (Å²) in [6, 6.07) is 0. The molecule has 0 bridgehead atoms. The van der Waals surface area contributed by atoms with Crippen molar-refractivity contribution < 1.29 is 4.74 Å². The minimum absolute atomic E-state index is 0.714. The fourth-order valence-corrected chi connectivity index (χ4v) is 2.34. The number of nitrogens with zero attached hydrogens (tertiary/aromatic N) is 1. The molecule has 2 unspecified atom stereocenters. The molecule has 3 nitrogen and oxygen atoms in total. The first kappa shape index (κ1) is 12.9. The number of rotatable bonds is 7. The lowest BCUT2D eigenvalue weighted by atomic mass is 10.0. The minimum Gasteiger partial charge on any atom is -0.384 e. The highest BCUT2D eigenvalue weighted by molar-refractivity contribution is 4.76. The molecular formula is C12H26N2O. The molecule has 1 rings (SSSR count). The first-order valence-electron chi connectivity index (χ1n) is 6.21. The number of ether oxygens (including phenoxy) is 1. The third kappa shape index (κ3) is 4.49. The average Bonchev–Trinajstić information content (AvgIpc) is 2.68. The molecule has 0 aliphatic carbocycles. The van der Waals surface area contributed by atoms with E-state index in [1.165, 1.54) is 38.9 Å². The van der Waals surface area contributed by atoms with Gasteiger partial charge in [0.05, 0.1) is 6.61 Å². The summed E-state index contributed by atoms with van der Waals surface area (Å²) in [4.78, 5) is 2.56. The van der Waals surface area contributed by atoms with Crippen LogP contribution in [0, 0.1) is 11.8 Å². The predicted octanol–water partition coefficient (Wildman–Crippen LogP) is 1.33. The summed E-state index contributed by atoms with van der Waals surface area (Å²) < 4.78 is 5.20. The van der Waals surface area contributed by atoms with Gasteiger partial charge in [0.2, 0.25) is 0 Å². The van der Waals surface area contributed by atoms with Crippen LogP contribution in [-0.2, 0) is 4.74 Å². The van der Waals surface area contributed by atoms with Crippen LogP contribution in [0.4, 0.5) is 0 Å². The third-order valence-corrected chi connectivity index (χ3v) is 3.54. The molecule has 2 N–H and O–H groups in total. The van der Waals surface area contributed by atoms with Crippen LogP contribution in [0.2, 0.25) is 0 Å². The van der Waals surface area contributed by atoms with Crippen LogP contribution < -0.4 is 5.73 Å². The van der Waals surface area contributed by atoms with Gasteiger partial charge in [-0.15, -0.1) is 0 Å². The Morgan fingerprint density at radius 2 is 2.33 bits per heavy atom. The van der Waals surface area contributed by atoms with Crippen LogP contribution in [0.15, 0.2) is 0 Å². The van der Waals surface area contributed by atoms with E-state index in [9.17, 15) is 0 Å². The van der Waals surface area contributed by atoms with Crippen molar-refractivity contribution in [3.05, 3.63) is 0 Å². The van der Waals surface area contributed by atoms with Crippen LogP contribution in [0.5, 0.6) is 0 Å². The lowest BCUT2D eigenvalue weighted by Gasteiger charge is -2.19. The molecular weight excluding hydrogens is 188 g/mol.